The minimum Gasteiger partial charge on any atom is -0.365 e. The number of benzene rings is 1. The van der Waals surface area contributed by atoms with Gasteiger partial charge in [-0.15, -0.1) is 11.3 Å². The lowest BCUT2D eigenvalue weighted by Gasteiger charge is -2.33. The lowest BCUT2D eigenvalue weighted by Crippen LogP contribution is -2.50. The molecule has 24 heavy (non-hydrogen) atoms. The van der Waals surface area contributed by atoms with Gasteiger partial charge in [0.05, 0.1) is 17.5 Å². The van der Waals surface area contributed by atoms with Crippen molar-refractivity contribution >= 4 is 28.8 Å². The van der Waals surface area contributed by atoms with E-state index in [0.29, 0.717) is 18.0 Å². The summed E-state index contributed by atoms with van der Waals surface area (Å²) in [5.41, 5.74) is 3.12. The van der Waals surface area contributed by atoms with E-state index in [1.807, 2.05) is 37.4 Å². The lowest BCUT2D eigenvalue weighted by atomic mass is 10.1. The quantitative estimate of drug-likeness (QED) is 0.927. The van der Waals surface area contributed by atoms with Gasteiger partial charge in [-0.2, -0.15) is 0 Å². The second-order valence-electron chi connectivity index (χ2n) is 5.97. The molecule has 3 rings (SSSR count). The SMILES string of the molecule is Cc1cc(C)cc(N2CC(CNC(=O)c3cccs3)OCC2=O)c1. The number of carbonyl (C=O) groups excluding carboxylic acids is 2. The van der Waals surface area contributed by atoms with E-state index in [9.17, 15) is 9.59 Å². The third kappa shape index (κ3) is 3.83. The van der Waals surface area contributed by atoms with Crippen molar-refractivity contribution in [1.29, 1.82) is 0 Å². The predicted octanol–water partition coefficient (Wildman–Crippen LogP) is 2.53. The monoisotopic (exact) mass is 344 g/mol. The molecule has 1 aliphatic rings. The van der Waals surface area contributed by atoms with Gasteiger partial charge in [-0.1, -0.05) is 12.1 Å². The molecule has 2 heterocycles. The number of thiophene rings is 1. The molecule has 0 bridgehead atoms. The maximum atomic E-state index is 12.2. The van der Waals surface area contributed by atoms with Gasteiger partial charge in [0.2, 0.25) is 0 Å². The molecule has 1 fully saturated rings. The van der Waals surface area contributed by atoms with Crippen LogP contribution in [-0.2, 0) is 9.53 Å². The molecule has 1 unspecified atom stereocenters. The zero-order valence-electron chi connectivity index (χ0n) is 13.7. The molecule has 0 radical (unpaired) electrons. The van der Waals surface area contributed by atoms with Gasteiger partial charge in [0.1, 0.15) is 6.61 Å². The van der Waals surface area contributed by atoms with Crippen LogP contribution in [-0.4, -0.2) is 37.6 Å². The fourth-order valence-corrected chi connectivity index (χ4v) is 3.45. The van der Waals surface area contributed by atoms with Crippen LogP contribution in [0, 0.1) is 13.8 Å². The van der Waals surface area contributed by atoms with E-state index in [1.54, 1.807) is 11.0 Å². The molecular formula is C18H20N2O3S. The van der Waals surface area contributed by atoms with Crippen molar-refractivity contribution in [1.82, 2.24) is 5.32 Å². The number of nitrogens with one attached hydrogen (secondary N) is 1. The van der Waals surface area contributed by atoms with E-state index in [1.165, 1.54) is 11.3 Å². The summed E-state index contributed by atoms with van der Waals surface area (Å²) in [6.07, 6.45) is -0.215. The summed E-state index contributed by atoms with van der Waals surface area (Å²) in [6, 6.07) is 9.70. The summed E-state index contributed by atoms with van der Waals surface area (Å²) in [6.45, 7) is 4.88. The van der Waals surface area contributed by atoms with Crippen molar-refractivity contribution < 1.29 is 14.3 Å². The second kappa shape index (κ2) is 7.15. The van der Waals surface area contributed by atoms with Gasteiger partial charge in [-0.25, -0.2) is 0 Å². The van der Waals surface area contributed by atoms with Gasteiger partial charge in [-0.05, 0) is 48.6 Å². The molecule has 1 N–H and O–H groups in total. The van der Waals surface area contributed by atoms with Gasteiger partial charge in [0.25, 0.3) is 11.8 Å². The van der Waals surface area contributed by atoms with E-state index in [4.69, 9.17) is 4.74 Å². The van der Waals surface area contributed by atoms with Gasteiger partial charge in [-0.3, -0.25) is 9.59 Å². The molecule has 1 saturated heterocycles. The molecule has 0 spiro atoms. The highest BCUT2D eigenvalue weighted by Crippen LogP contribution is 2.22. The van der Waals surface area contributed by atoms with E-state index >= 15 is 0 Å². The summed E-state index contributed by atoms with van der Waals surface area (Å²) in [5, 5.41) is 4.74. The fourth-order valence-electron chi connectivity index (χ4n) is 2.81. The van der Waals surface area contributed by atoms with Crippen molar-refractivity contribution in [3.8, 4) is 0 Å². The van der Waals surface area contributed by atoms with E-state index < -0.39 is 0 Å². The van der Waals surface area contributed by atoms with Crippen molar-refractivity contribution in [2.75, 3.05) is 24.6 Å². The number of anilines is 1. The Balaban J connectivity index is 1.65. The normalized spacial score (nSPS) is 17.8. The Kier molecular flexibility index (Phi) is 4.97. The first kappa shape index (κ1) is 16.7. The highest BCUT2D eigenvalue weighted by Gasteiger charge is 2.28. The number of hydrogen-bond donors (Lipinski definition) is 1. The number of rotatable bonds is 4. The van der Waals surface area contributed by atoms with Crippen LogP contribution < -0.4 is 10.2 Å². The summed E-state index contributed by atoms with van der Waals surface area (Å²) in [5.74, 6) is -0.163. The van der Waals surface area contributed by atoms with Crippen LogP contribution in [0.5, 0.6) is 0 Å². The third-order valence-electron chi connectivity index (χ3n) is 3.88. The number of ether oxygens (including phenoxy) is 1. The topological polar surface area (TPSA) is 58.6 Å². The number of carbonyl (C=O) groups is 2. The Labute approximate surface area is 145 Å². The van der Waals surface area contributed by atoms with Crippen LogP contribution in [0.15, 0.2) is 35.7 Å². The van der Waals surface area contributed by atoms with Gasteiger partial charge < -0.3 is 15.0 Å². The predicted molar refractivity (Wildman–Crippen MR) is 94.7 cm³/mol. The third-order valence-corrected chi connectivity index (χ3v) is 4.75. The van der Waals surface area contributed by atoms with E-state index in [-0.39, 0.29) is 24.5 Å². The van der Waals surface area contributed by atoms with Gasteiger partial charge >= 0.3 is 0 Å². The molecule has 126 valence electrons. The number of aryl methyl sites for hydroxylation is 2. The standard InChI is InChI=1S/C18H20N2O3S/c1-12-6-13(2)8-14(7-12)20-10-15(23-11-17(20)21)9-19-18(22)16-4-3-5-24-16/h3-8,15H,9-11H2,1-2H3,(H,19,22). The second-order valence-corrected chi connectivity index (χ2v) is 6.92. The number of morpholine rings is 1. The first-order chi connectivity index (χ1) is 11.5. The minimum atomic E-state index is -0.215. The van der Waals surface area contributed by atoms with Crippen molar-refractivity contribution in [3.05, 3.63) is 51.7 Å². The average Bonchev–Trinajstić information content (AvgIpc) is 3.07. The van der Waals surface area contributed by atoms with Crippen LogP contribution in [0.25, 0.3) is 0 Å². The van der Waals surface area contributed by atoms with E-state index in [0.717, 1.165) is 16.8 Å². The van der Waals surface area contributed by atoms with E-state index in [2.05, 4.69) is 11.4 Å². The van der Waals surface area contributed by atoms with Crippen LogP contribution >= 0.6 is 11.3 Å². The summed E-state index contributed by atoms with van der Waals surface area (Å²) in [4.78, 5) is 26.6. The Morgan fingerprint density at radius 1 is 1.33 bits per heavy atom. The Hall–Kier alpha value is -2.18. The molecule has 5 nitrogen and oxygen atoms in total. The number of amides is 2. The zero-order valence-corrected chi connectivity index (χ0v) is 14.6. The largest absolute Gasteiger partial charge is 0.365 e. The first-order valence-corrected chi connectivity index (χ1v) is 8.73. The Bertz CT molecular complexity index is 722. The molecule has 2 aromatic rings. The van der Waals surface area contributed by atoms with Crippen molar-refractivity contribution in [2.24, 2.45) is 0 Å². The summed E-state index contributed by atoms with van der Waals surface area (Å²) in [7, 11) is 0. The molecule has 1 atom stereocenters. The Morgan fingerprint density at radius 3 is 2.75 bits per heavy atom. The van der Waals surface area contributed by atoms with Crippen LogP contribution in [0.2, 0.25) is 0 Å². The zero-order chi connectivity index (χ0) is 17.1. The molecule has 2 amide bonds. The molecule has 0 aliphatic carbocycles. The van der Waals surface area contributed by atoms with Gasteiger partial charge in [0, 0.05) is 12.2 Å². The maximum absolute atomic E-state index is 12.2. The van der Waals surface area contributed by atoms with Gasteiger partial charge in [0.15, 0.2) is 0 Å². The van der Waals surface area contributed by atoms with Crippen molar-refractivity contribution in [2.45, 2.75) is 20.0 Å². The lowest BCUT2D eigenvalue weighted by molar-refractivity contribution is -0.129. The fraction of sp³-hybridized carbons (Fsp3) is 0.333. The Morgan fingerprint density at radius 2 is 2.08 bits per heavy atom. The van der Waals surface area contributed by atoms with Crippen LogP contribution in [0.1, 0.15) is 20.8 Å². The van der Waals surface area contributed by atoms with Crippen molar-refractivity contribution in [3.63, 3.8) is 0 Å². The number of nitrogens with zero attached hydrogens (tertiary/aromatic N) is 1. The summed E-state index contributed by atoms with van der Waals surface area (Å²) < 4.78 is 5.57. The summed E-state index contributed by atoms with van der Waals surface area (Å²) >= 11 is 1.40. The highest BCUT2D eigenvalue weighted by atomic mass is 32.1. The number of hydrogen-bond acceptors (Lipinski definition) is 4. The van der Waals surface area contributed by atoms with Crippen LogP contribution in [0.3, 0.4) is 0 Å². The molecular weight excluding hydrogens is 324 g/mol. The first-order valence-electron chi connectivity index (χ1n) is 7.85. The van der Waals surface area contributed by atoms with Crippen LogP contribution in [0.4, 0.5) is 5.69 Å². The smallest absolute Gasteiger partial charge is 0.261 e. The average molecular weight is 344 g/mol. The molecule has 6 heteroatoms. The molecule has 1 aliphatic heterocycles. The molecule has 1 aromatic heterocycles. The minimum absolute atomic E-state index is 0.0343. The molecule has 0 saturated carbocycles. The molecule has 1 aromatic carbocycles. The highest BCUT2D eigenvalue weighted by molar-refractivity contribution is 7.12. The maximum Gasteiger partial charge on any atom is 0.261 e.